The van der Waals surface area contributed by atoms with Gasteiger partial charge in [-0.1, -0.05) is 6.07 Å². The largest absolute Gasteiger partial charge is 0.494 e. The van der Waals surface area contributed by atoms with Gasteiger partial charge in [0.25, 0.3) is 0 Å². The minimum atomic E-state index is -1.71. The van der Waals surface area contributed by atoms with Crippen LogP contribution in [0.3, 0.4) is 0 Å². The monoisotopic (exact) mass is 451 g/mol. The highest BCUT2D eigenvalue weighted by atomic mass is 16.5. The van der Waals surface area contributed by atoms with Gasteiger partial charge >= 0.3 is 5.97 Å². The van der Waals surface area contributed by atoms with E-state index >= 15 is 0 Å². The molecule has 1 aliphatic rings. The molecular weight excluding hydrogens is 428 g/mol. The van der Waals surface area contributed by atoms with Gasteiger partial charge in [-0.15, -0.1) is 10.2 Å². The van der Waals surface area contributed by atoms with E-state index in [1.807, 2.05) is 0 Å². The van der Waals surface area contributed by atoms with Gasteiger partial charge in [0, 0.05) is 17.5 Å². The van der Waals surface area contributed by atoms with Crippen molar-refractivity contribution in [2.24, 2.45) is 5.92 Å². The molecule has 0 bridgehead atoms. The number of methoxy groups -OCH3 is 2. The fourth-order valence-electron chi connectivity index (χ4n) is 2.49. The zero-order valence-electron chi connectivity index (χ0n) is 18.4. The van der Waals surface area contributed by atoms with Crippen LogP contribution in [-0.2, 0) is 9.53 Å². The highest BCUT2D eigenvalue weighted by Gasteiger charge is 2.30. The van der Waals surface area contributed by atoms with E-state index in [4.69, 9.17) is 30.3 Å². The molecule has 13 heteroatoms. The Hall–Kier alpha value is -3.44. The fraction of sp³-hybridized carbons (Fsp3) is 0.350. The summed E-state index contributed by atoms with van der Waals surface area (Å²) in [5, 5.41) is 23.8. The van der Waals surface area contributed by atoms with Crippen molar-refractivity contribution in [3.8, 4) is 5.75 Å². The van der Waals surface area contributed by atoms with E-state index in [1.165, 1.54) is 27.3 Å². The molecule has 1 aromatic heterocycles. The van der Waals surface area contributed by atoms with E-state index in [-0.39, 0.29) is 34.6 Å². The fourth-order valence-corrected chi connectivity index (χ4v) is 2.49. The maximum Gasteiger partial charge on any atom is 0.341 e. The predicted octanol–water partition coefficient (Wildman–Crippen LogP) is 0.323. The maximum atomic E-state index is 11.9. The third-order valence-electron chi connectivity index (χ3n) is 4.43. The second-order valence-corrected chi connectivity index (χ2v) is 6.99. The van der Waals surface area contributed by atoms with Gasteiger partial charge in [-0.25, -0.2) is 4.79 Å². The molecule has 0 aliphatic heterocycles. The van der Waals surface area contributed by atoms with Crippen molar-refractivity contribution in [3.05, 3.63) is 35.5 Å². The van der Waals surface area contributed by atoms with Crippen molar-refractivity contribution in [2.45, 2.75) is 18.4 Å². The Balaban J connectivity index is 0.000000569. The molecule has 4 radical (unpaired) electrons. The summed E-state index contributed by atoms with van der Waals surface area (Å²) < 4.78 is 10.1. The van der Waals surface area contributed by atoms with Crippen molar-refractivity contribution >= 4 is 51.0 Å². The molecule has 170 valence electrons. The minimum absolute atomic E-state index is 0.00536. The number of carbonyl (C=O) groups excluding carboxylic acids is 3. The van der Waals surface area contributed by atoms with E-state index in [0.717, 1.165) is 12.8 Å². The number of rotatable bonds is 8. The molecule has 0 spiro atoms. The molecule has 2 aromatic rings. The summed E-state index contributed by atoms with van der Waals surface area (Å²) >= 11 is 0. The Labute approximate surface area is 193 Å². The smallest absolute Gasteiger partial charge is 0.341 e. The number of hydrogen-bond donors (Lipinski definition) is 4. The first-order chi connectivity index (χ1) is 15.6. The number of amides is 1. The second-order valence-electron chi connectivity index (χ2n) is 6.99. The van der Waals surface area contributed by atoms with E-state index in [2.05, 4.69) is 26.1 Å². The number of anilines is 3. The van der Waals surface area contributed by atoms with Crippen LogP contribution in [-0.4, -0.2) is 76.0 Å². The molecule has 1 aromatic carbocycles. The normalized spacial score (nSPS) is 12.6. The maximum absolute atomic E-state index is 11.9. The zero-order chi connectivity index (χ0) is 24.6. The molecule has 1 fully saturated rings. The lowest BCUT2D eigenvalue weighted by Gasteiger charge is -2.15. The molecule has 0 atom stereocenters. The molecule has 1 saturated carbocycles. The average molecular weight is 451 g/mol. The number of aromatic nitrogens is 2. The van der Waals surface area contributed by atoms with Crippen molar-refractivity contribution < 1.29 is 29.0 Å². The quantitative estimate of drug-likeness (QED) is 0.191. The standard InChI is InChI=1S/C18H18N4O5.C2H5B2NO/c1-26-16-11(18(25)27-2)4-3-5-12(16)19-13-8-15(22-21-14(13)9-23)20-17(24)10-6-7-10;1-5-2(3,4)6/h3-5,8-10H,6-7H2,1-2H3,(H2,19,20,22,24);5-6H,1H3. The summed E-state index contributed by atoms with van der Waals surface area (Å²) in [6.07, 6.45) is 2.25. The Morgan fingerprint density at radius 2 is 1.88 bits per heavy atom. The van der Waals surface area contributed by atoms with E-state index < -0.39 is 11.5 Å². The summed E-state index contributed by atoms with van der Waals surface area (Å²) in [6, 6.07) is 6.37. The lowest BCUT2D eigenvalue weighted by molar-refractivity contribution is -0.117. The summed E-state index contributed by atoms with van der Waals surface area (Å²) in [5.74, 6) is -0.203. The average Bonchev–Trinajstić information content (AvgIpc) is 3.64. The van der Waals surface area contributed by atoms with Gasteiger partial charge in [0.15, 0.2) is 17.9 Å². The first kappa shape index (κ1) is 25.8. The van der Waals surface area contributed by atoms with Gasteiger partial charge in [0.1, 0.15) is 26.9 Å². The number of benzene rings is 1. The molecule has 3 rings (SSSR count). The zero-order valence-corrected chi connectivity index (χ0v) is 18.4. The molecule has 11 nitrogen and oxygen atoms in total. The third-order valence-corrected chi connectivity index (χ3v) is 4.43. The number of nitrogens with one attached hydrogen (secondary N) is 3. The SMILES string of the molecule is COC(=O)c1cccc(Nc2cc(NC(=O)C3CC3)nnc2C=O)c1OC.[B]C([B])(O)NC. The van der Waals surface area contributed by atoms with Crippen LogP contribution in [0.15, 0.2) is 24.3 Å². The van der Waals surface area contributed by atoms with E-state index in [1.54, 1.807) is 18.2 Å². The number of aliphatic hydroxyl groups is 1. The molecule has 1 amide bonds. The van der Waals surface area contributed by atoms with Gasteiger partial charge in [-0.05, 0) is 32.0 Å². The number of esters is 1. The van der Waals surface area contributed by atoms with Crippen LogP contribution >= 0.6 is 0 Å². The first-order valence-electron chi connectivity index (χ1n) is 9.78. The van der Waals surface area contributed by atoms with E-state index in [9.17, 15) is 14.4 Å². The van der Waals surface area contributed by atoms with Crippen LogP contribution in [0, 0.1) is 5.92 Å². The minimum Gasteiger partial charge on any atom is -0.494 e. The van der Waals surface area contributed by atoms with Crippen molar-refractivity contribution in [1.29, 1.82) is 0 Å². The molecule has 33 heavy (non-hydrogen) atoms. The van der Waals surface area contributed by atoms with Crippen LogP contribution in [0.5, 0.6) is 5.75 Å². The van der Waals surface area contributed by atoms with Crippen LogP contribution in [0.1, 0.15) is 33.7 Å². The Kier molecular flexibility index (Phi) is 8.94. The van der Waals surface area contributed by atoms with Crippen LogP contribution in [0.2, 0.25) is 0 Å². The number of carbonyl (C=O) groups is 3. The highest BCUT2D eigenvalue weighted by Crippen LogP contribution is 2.33. The summed E-state index contributed by atoms with van der Waals surface area (Å²) in [7, 11) is 13.7. The van der Waals surface area contributed by atoms with Gasteiger partial charge in [0.2, 0.25) is 5.91 Å². The van der Waals surface area contributed by atoms with Crippen molar-refractivity contribution in [1.82, 2.24) is 15.5 Å². The van der Waals surface area contributed by atoms with Crippen LogP contribution < -0.4 is 20.7 Å². The Morgan fingerprint density at radius 1 is 1.21 bits per heavy atom. The highest BCUT2D eigenvalue weighted by molar-refractivity contribution is 6.38. The van der Waals surface area contributed by atoms with Crippen molar-refractivity contribution in [2.75, 3.05) is 31.9 Å². The topological polar surface area (TPSA) is 152 Å². The number of nitrogens with zero attached hydrogens (tertiary/aromatic N) is 2. The number of hydrogen-bond acceptors (Lipinski definition) is 10. The Morgan fingerprint density at radius 3 is 2.39 bits per heavy atom. The first-order valence-corrected chi connectivity index (χ1v) is 9.78. The lowest BCUT2D eigenvalue weighted by atomic mass is 9.74. The molecule has 4 N–H and O–H groups in total. The molecule has 1 aliphatic carbocycles. The molecule has 0 unspecified atom stereocenters. The molecular formula is C20H23B2N5O6. The van der Waals surface area contributed by atoms with Crippen LogP contribution in [0.25, 0.3) is 0 Å². The Bertz CT molecular complexity index is 1010. The summed E-state index contributed by atoms with van der Waals surface area (Å²) in [5.41, 5.74) is -0.700. The third kappa shape index (κ3) is 7.58. The van der Waals surface area contributed by atoms with Gasteiger partial charge < -0.3 is 30.5 Å². The van der Waals surface area contributed by atoms with Crippen molar-refractivity contribution in [3.63, 3.8) is 0 Å². The summed E-state index contributed by atoms with van der Waals surface area (Å²) in [6.45, 7) is 0. The number of para-hydroxylation sites is 1. The van der Waals surface area contributed by atoms with E-state index in [0.29, 0.717) is 17.7 Å². The van der Waals surface area contributed by atoms with Gasteiger partial charge in [-0.2, -0.15) is 0 Å². The molecule has 0 saturated heterocycles. The number of aldehydes is 1. The lowest BCUT2D eigenvalue weighted by Crippen LogP contribution is -2.43. The van der Waals surface area contributed by atoms with Gasteiger partial charge in [-0.3, -0.25) is 9.59 Å². The van der Waals surface area contributed by atoms with Crippen LogP contribution in [0.4, 0.5) is 17.2 Å². The number of ether oxygens (including phenoxy) is 2. The second kappa shape index (κ2) is 11.4. The van der Waals surface area contributed by atoms with Gasteiger partial charge in [0.05, 0.1) is 25.6 Å². The molecule has 1 heterocycles. The summed E-state index contributed by atoms with van der Waals surface area (Å²) in [4.78, 5) is 35.1. The predicted molar refractivity (Wildman–Crippen MR) is 122 cm³/mol.